The molecule has 0 spiro atoms. The number of piperidine rings is 1. The lowest BCUT2D eigenvalue weighted by molar-refractivity contribution is -0.141. The summed E-state index contributed by atoms with van der Waals surface area (Å²) in [5.74, 6) is -0.115. The van der Waals surface area contributed by atoms with Crippen molar-refractivity contribution in [3.05, 3.63) is 29.3 Å². The minimum Gasteiger partial charge on any atom is -0.350 e. The zero-order valence-corrected chi connectivity index (χ0v) is 18.2. The second-order valence-electron chi connectivity index (χ2n) is 8.74. The predicted octanol–water partition coefficient (Wildman–Crippen LogP) is 3.00. The zero-order chi connectivity index (χ0) is 20.6. The summed E-state index contributed by atoms with van der Waals surface area (Å²) < 4.78 is 37.7. The van der Waals surface area contributed by atoms with E-state index in [2.05, 4.69) is 0 Å². The molecule has 3 fully saturated rings. The summed E-state index contributed by atoms with van der Waals surface area (Å²) >= 11 is 0. The molecule has 7 heteroatoms. The van der Waals surface area contributed by atoms with Crippen molar-refractivity contribution in [2.24, 2.45) is 5.92 Å². The Morgan fingerprint density at radius 3 is 2.48 bits per heavy atom. The van der Waals surface area contributed by atoms with E-state index in [1.165, 1.54) is 0 Å². The average Bonchev–Trinajstić information content (AvgIpc) is 3.42. The van der Waals surface area contributed by atoms with Crippen LogP contribution in [0.1, 0.15) is 49.7 Å². The van der Waals surface area contributed by atoms with Crippen LogP contribution >= 0.6 is 0 Å². The summed E-state index contributed by atoms with van der Waals surface area (Å²) in [4.78, 5) is 15.8. The molecular weight excluding hydrogens is 390 g/mol. The van der Waals surface area contributed by atoms with Crippen LogP contribution < -0.4 is 0 Å². The minimum absolute atomic E-state index is 0.108. The number of nitrogens with zero attached hydrogens (tertiary/aromatic N) is 1. The van der Waals surface area contributed by atoms with Crippen molar-refractivity contribution in [3.8, 4) is 0 Å². The Balaban J connectivity index is 1.65. The Hall–Kier alpha value is -1.44. The van der Waals surface area contributed by atoms with Gasteiger partial charge in [0, 0.05) is 19.0 Å². The SMILES string of the molecule is Cc1ccc(C)c(S(=O)(=O)C2(C(=O)N3CCCC(C4OCCO4)C3)CCCC2)c1. The number of benzene rings is 1. The van der Waals surface area contributed by atoms with Gasteiger partial charge in [-0.2, -0.15) is 0 Å². The number of sulfone groups is 1. The van der Waals surface area contributed by atoms with Crippen molar-refractivity contribution in [3.63, 3.8) is 0 Å². The molecule has 1 atom stereocenters. The van der Waals surface area contributed by atoms with Crippen LogP contribution in [-0.4, -0.2) is 56.6 Å². The number of likely N-dealkylation sites (tertiary alicyclic amines) is 1. The highest BCUT2D eigenvalue weighted by Crippen LogP contribution is 2.43. The molecule has 2 heterocycles. The molecule has 1 aromatic carbocycles. The van der Waals surface area contributed by atoms with Gasteiger partial charge < -0.3 is 14.4 Å². The molecule has 0 aromatic heterocycles. The maximum Gasteiger partial charge on any atom is 0.244 e. The number of rotatable bonds is 4. The minimum atomic E-state index is -3.79. The molecule has 6 nitrogen and oxygen atoms in total. The highest BCUT2D eigenvalue weighted by molar-refractivity contribution is 7.93. The van der Waals surface area contributed by atoms with Crippen LogP contribution in [0.3, 0.4) is 0 Å². The maximum absolute atomic E-state index is 13.9. The van der Waals surface area contributed by atoms with Crippen molar-refractivity contribution < 1.29 is 22.7 Å². The molecule has 0 bridgehead atoms. The van der Waals surface area contributed by atoms with E-state index >= 15 is 0 Å². The second kappa shape index (κ2) is 8.00. The molecule has 3 aliphatic rings. The van der Waals surface area contributed by atoms with Crippen molar-refractivity contribution in [2.75, 3.05) is 26.3 Å². The third kappa shape index (κ3) is 3.62. The summed E-state index contributed by atoms with van der Waals surface area (Å²) in [5, 5.41) is 0. The van der Waals surface area contributed by atoms with Crippen LogP contribution in [0.2, 0.25) is 0 Å². The first-order valence-electron chi connectivity index (χ1n) is 10.7. The summed E-state index contributed by atoms with van der Waals surface area (Å²) in [6.45, 7) is 5.98. The van der Waals surface area contributed by atoms with E-state index in [0.717, 1.165) is 31.2 Å². The monoisotopic (exact) mass is 421 g/mol. The Morgan fingerprint density at radius 2 is 1.79 bits per heavy atom. The number of carbonyl (C=O) groups is 1. The third-order valence-corrected chi connectivity index (χ3v) is 9.36. The van der Waals surface area contributed by atoms with Crippen LogP contribution in [0.25, 0.3) is 0 Å². The van der Waals surface area contributed by atoms with E-state index in [9.17, 15) is 13.2 Å². The predicted molar refractivity (Wildman–Crippen MR) is 109 cm³/mol. The summed E-state index contributed by atoms with van der Waals surface area (Å²) in [6.07, 6.45) is 3.84. The van der Waals surface area contributed by atoms with Gasteiger partial charge >= 0.3 is 0 Å². The fraction of sp³-hybridized carbons (Fsp3) is 0.682. The van der Waals surface area contributed by atoms with Gasteiger partial charge in [0.05, 0.1) is 18.1 Å². The molecule has 2 aliphatic heterocycles. The van der Waals surface area contributed by atoms with Gasteiger partial charge in [0.1, 0.15) is 0 Å². The molecule has 160 valence electrons. The van der Waals surface area contributed by atoms with Crippen molar-refractivity contribution in [1.82, 2.24) is 4.90 Å². The third-order valence-electron chi connectivity index (χ3n) is 6.73. The van der Waals surface area contributed by atoms with Crippen LogP contribution in [0, 0.1) is 19.8 Å². The molecule has 1 amide bonds. The van der Waals surface area contributed by atoms with Crippen molar-refractivity contribution >= 4 is 15.7 Å². The maximum atomic E-state index is 13.9. The van der Waals surface area contributed by atoms with Crippen molar-refractivity contribution in [1.29, 1.82) is 0 Å². The summed E-state index contributed by atoms with van der Waals surface area (Å²) in [6, 6.07) is 5.46. The normalized spacial score (nSPS) is 25.4. The highest BCUT2D eigenvalue weighted by atomic mass is 32.2. The van der Waals surface area contributed by atoms with Crippen LogP contribution in [-0.2, 0) is 24.1 Å². The molecule has 0 N–H and O–H groups in total. The van der Waals surface area contributed by atoms with E-state index in [0.29, 0.717) is 49.6 Å². The molecule has 4 rings (SSSR count). The average molecular weight is 422 g/mol. The standard InChI is InChI=1S/C22H31NO5S/c1-16-7-8-17(2)19(14-16)29(25,26)22(9-3-4-10-22)21(24)23-11-5-6-18(15-23)20-27-12-13-28-20/h7-8,14,18,20H,3-6,9-13,15H2,1-2H3. The molecular formula is C22H31NO5S. The van der Waals surface area contributed by atoms with Crippen LogP contribution in [0.5, 0.6) is 0 Å². The summed E-state index contributed by atoms with van der Waals surface area (Å²) in [7, 11) is -3.79. The Morgan fingerprint density at radius 1 is 1.10 bits per heavy atom. The quantitative estimate of drug-likeness (QED) is 0.747. The first kappa shape index (κ1) is 20.8. The Kier molecular flexibility index (Phi) is 5.75. The van der Waals surface area contributed by atoms with Crippen molar-refractivity contribution in [2.45, 2.75) is 68.3 Å². The van der Waals surface area contributed by atoms with Gasteiger partial charge in [-0.05, 0) is 56.7 Å². The molecule has 0 radical (unpaired) electrons. The summed E-state index contributed by atoms with van der Waals surface area (Å²) in [5.41, 5.74) is 1.60. The first-order valence-corrected chi connectivity index (χ1v) is 12.2. The highest BCUT2D eigenvalue weighted by Gasteiger charge is 2.55. The Labute approximate surface area is 173 Å². The van der Waals surface area contributed by atoms with Gasteiger partial charge in [0.25, 0.3) is 0 Å². The van der Waals surface area contributed by atoms with E-state index in [-0.39, 0.29) is 18.1 Å². The van der Waals surface area contributed by atoms with E-state index in [1.54, 1.807) is 11.0 Å². The number of carbonyl (C=O) groups excluding carboxylic acids is 1. The van der Waals surface area contributed by atoms with Crippen LogP contribution in [0.4, 0.5) is 0 Å². The Bertz CT molecular complexity index is 869. The fourth-order valence-electron chi connectivity index (χ4n) is 5.10. The van der Waals surface area contributed by atoms with Gasteiger partial charge in [-0.15, -0.1) is 0 Å². The van der Waals surface area contributed by atoms with Gasteiger partial charge in [0.2, 0.25) is 5.91 Å². The molecule has 29 heavy (non-hydrogen) atoms. The molecule has 1 saturated carbocycles. The number of amides is 1. The lowest BCUT2D eigenvalue weighted by Gasteiger charge is -2.39. The topological polar surface area (TPSA) is 72.9 Å². The van der Waals surface area contributed by atoms with Crippen LogP contribution in [0.15, 0.2) is 23.1 Å². The smallest absolute Gasteiger partial charge is 0.244 e. The van der Waals surface area contributed by atoms with Gasteiger partial charge in [-0.1, -0.05) is 25.0 Å². The largest absolute Gasteiger partial charge is 0.350 e. The van der Waals surface area contributed by atoms with Gasteiger partial charge in [0.15, 0.2) is 20.9 Å². The molecule has 2 saturated heterocycles. The lowest BCUT2D eigenvalue weighted by atomic mass is 9.95. The zero-order valence-electron chi connectivity index (χ0n) is 17.4. The van der Waals surface area contributed by atoms with E-state index in [4.69, 9.17) is 9.47 Å². The second-order valence-corrected chi connectivity index (χ2v) is 11.0. The number of hydrogen-bond acceptors (Lipinski definition) is 5. The number of hydrogen-bond donors (Lipinski definition) is 0. The molecule has 1 unspecified atom stereocenters. The number of ether oxygens (including phenoxy) is 2. The number of aryl methyl sites for hydroxylation is 2. The van der Waals surface area contributed by atoms with E-state index in [1.807, 2.05) is 26.0 Å². The van der Waals surface area contributed by atoms with Gasteiger partial charge in [-0.3, -0.25) is 4.79 Å². The lowest BCUT2D eigenvalue weighted by Crippen LogP contribution is -2.55. The molecule has 1 aromatic rings. The fourth-order valence-corrected chi connectivity index (χ4v) is 7.54. The van der Waals surface area contributed by atoms with Gasteiger partial charge in [-0.25, -0.2) is 8.42 Å². The molecule has 1 aliphatic carbocycles. The first-order chi connectivity index (χ1) is 13.8. The van der Waals surface area contributed by atoms with E-state index < -0.39 is 14.6 Å².